The lowest BCUT2D eigenvalue weighted by atomic mass is 10.1. The first kappa shape index (κ1) is 18.3. The number of amides is 1. The van der Waals surface area contributed by atoms with Gasteiger partial charge in [-0.2, -0.15) is 5.10 Å². The monoisotopic (exact) mass is 350 g/mol. The second kappa shape index (κ2) is 8.17. The SMILES string of the molecule is CNC(C(=O)NCCc1ccc2c(c1)CCO2)c1cnn(C)c1.Cl. The van der Waals surface area contributed by atoms with E-state index < -0.39 is 0 Å². The van der Waals surface area contributed by atoms with Crippen molar-refractivity contribution >= 4 is 18.3 Å². The predicted molar refractivity (Wildman–Crippen MR) is 94.6 cm³/mol. The van der Waals surface area contributed by atoms with E-state index in [1.165, 1.54) is 11.1 Å². The summed E-state index contributed by atoms with van der Waals surface area (Å²) >= 11 is 0. The lowest BCUT2D eigenvalue weighted by Crippen LogP contribution is -2.36. The molecule has 0 saturated carbocycles. The third-order valence-electron chi connectivity index (χ3n) is 4.08. The van der Waals surface area contributed by atoms with Gasteiger partial charge in [-0.25, -0.2) is 0 Å². The van der Waals surface area contributed by atoms with Gasteiger partial charge in [0, 0.05) is 31.8 Å². The van der Waals surface area contributed by atoms with Gasteiger partial charge in [-0.15, -0.1) is 12.4 Å². The summed E-state index contributed by atoms with van der Waals surface area (Å²) < 4.78 is 7.20. The van der Waals surface area contributed by atoms with Crippen LogP contribution < -0.4 is 15.4 Å². The van der Waals surface area contributed by atoms with Crippen molar-refractivity contribution < 1.29 is 9.53 Å². The summed E-state index contributed by atoms with van der Waals surface area (Å²) in [6, 6.07) is 5.88. The number of benzene rings is 1. The predicted octanol–water partition coefficient (Wildman–Crippen LogP) is 1.40. The molecule has 1 atom stereocenters. The van der Waals surface area contributed by atoms with Gasteiger partial charge in [-0.05, 0) is 30.7 Å². The van der Waals surface area contributed by atoms with E-state index in [1.54, 1.807) is 17.9 Å². The van der Waals surface area contributed by atoms with Gasteiger partial charge in [0.05, 0.1) is 12.8 Å². The Morgan fingerprint density at radius 1 is 1.46 bits per heavy atom. The summed E-state index contributed by atoms with van der Waals surface area (Å²) in [5.41, 5.74) is 3.34. The van der Waals surface area contributed by atoms with Crippen LogP contribution in [0.15, 0.2) is 30.6 Å². The first-order valence-electron chi connectivity index (χ1n) is 7.85. The van der Waals surface area contributed by atoms with E-state index in [0.29, 0.717) is 6.54 Å². The number of fused-ring (bicyclic) bond motifs is 1. The van der Waals surface area contributed by atoms with Gasteiger partial charge >= 0.3 is 0 Å². The summed E-state index contributed by atoms with van der Waals surface area (Å²) in [6.45, 7) is 1.38. The van der Waals surface area contributed by atoms with E-state index in [9.17, 15) is 4.79 Å². The first-order valence-corrected chi connectivity index (χ1v) is 7.85. The van der Waals surface area contributed by atoms with Gasteiger partial charge in [0.15, 0.2) is 0 Å². The smallest absolute Gasteiger partial charge is 0.241 e. The molecule has 0 saturated heterocycles. The van der Waals surface area contributed by atoms with E-state index in [1.807, 2.05) is 19.3 Å². The lowest BCUT2D eigenvalue weighted by Gasteiger charge is -2.14. The summed E-state index contributed by atoms with van der Waals surface area (Å²) in [4.78, 5) is 12.3. The minimum atomic E-state index is -0.378. The molecule has 1 unspecified atom stereocenters. The van der Waals surface area contributed by atoms with Crippen molar-refractivity contribution in [1.82, 2.24) is 20.4 Å². The van der Waals surface area contributed by atoms with Crippen molar-refractivity contribution in [3.63, 3.8) is 0 Å². The Balaban J connectivity index is 0.00000208. The molecule has 1 amide bonds. The molecule has 2 N–H and O–H groups in total. The fourth-order valence-corrected chi connectivity index (χ4v) is 2.87. The molecule has 24 heavy (non-hydrogen) atoms. The van der Waals surface area contributed by atoms with E-state index in [-0.39, 0.29) is 24.4 Å². The van der Waals surface area contributed by atoms with Crippen molar-refractivity contribution in [2.24, 2.45) is 7.05 Å². The maximum atomic E-state index is 12.3. The zero-order valence-electron chi connectivity index (χ0n) is 13.9. The highest BCUT2D eigenvalue weighted by Gasteiger charge is 2.19. The molecule has 3 rings (SSSR count). The van der Waals surface area contributed by atoms with E-state index in [2.05, 4.69) is 27.9 Å². The Morgan fingerprint density at radius 3 is 3.00 bits per heavy atom. The molecule has 7 heteroatoms. The fourth-order valence-electron chi connectivity index (χ4n) is 2.87. The Labute approximate surface area is 148 Å². The number of hydrogen-bond donors (Lipinski definition) is 2. The summed E-state index contributed by atoms with van der Waals surface area (Å²) in [5.74, 6) is 0.953. The Kier molecular flexibility index (Phi) is 6.23. The molecular formula is C17H23ClN4O2. The molecule has 0 bridgehead atoms. The topological polar surface area (TPSA) is 68.2 Å². The zero-order valence-corrected chi connectivity index (χ0v) is 14.7. The molecule has 130 valence electrons. The summed E-state index contributed by atoms with van der Waals surface area (Å²) in [7, 11) is 3.61. The van der Waals surface area contributed by atoms with Gasteiger partial charge in [0.25, 0.3) is 0 Å². The van der Waals surface area contributed by atoms with Crippen LogP contribution in [0.3, 0.4) is 0 Å². The summed E-state index contributed by atoms with van der Waals surface area (Å²) in [5, 5.41) is 10.1. The number of aryl methyl sites for hydroxylation is 1. The van der Waals surface area contributed by atoms with Crippen LogP contribution in [0.1, 0.15) is 22.7 Å². The number of nitrogens with zero attached hydrogens (tertiary/aromatic N) is 2. The Morgan fingerprint density at radius 2 is 2.29 bits per heavy atom. The number of carbonyl (C=O) groups excluding carboxylic acids is 1. The number of likely N-dealkylation sites (N-methyl/N-ethyl adjacent to an activating group) is 1. The average Bonchev–Trinajstić information content (AvgIpc) is 3.16. The lowest BCUT2D eigenvalue weighted by molar-refractivity contribution is -0.123. The minimum absolute atomic E-state index is 0. The second-order valence-corrected chi connectivity index (χ2v) is 5.75. The van der Waals surface area contributed by atoms with Crippen LogP contribution in [0.4, 0.5) is 0 Å². The van der Waals surface area contributed by atoms with Crippen LogP contribution in [0, 0.1) is 0 Å². The third kappa shape index (κ3) is 4.07. The number of aromatic nitrogens is 2. The van der Waals surface area contributed by atoms with Crippen LogP contribution in [0.25, 0.3) is 0 Å². The normalized spacial score (nSPS) is 13.6. The molecular weight excluding hydrogens is 328 g/mol. The average molecular weight is 351 g/mol. The number of hydrogen-bond acceptors (Lipinski definition) is 4. The maximum absolute atomic E-state index is 12.3. The molecule has 0 radical (unpaired) electrons. The quantitative estimate of drug-likeness (QED) is 0.826. The summed E-state index contributed by atoms with van der Waals surface area (Å²) in [6.07, 6.45) is 5.34. The highest BCUT2D eigenvalue weighted by Crippen LogP contribution is 2.25. The molecule has 0 aliphatic carbocycles. The van der Waals surface area contributed by atoms with Gasteiger partial charge in [0.1, 0.15) is 11.8 Å². The zero-order chi connectivity index (χ0) is 16.2. The number of halogens is 1. The highest BCUT2D eigenvalue weighted by molar-refractivity contribution is 5.85. The van der Waals surface area contributed by atoms with Gasteiger partial charge < -0.3 is 15.4 Å². The standard InChI is InChI=1S/C17H22N4O2.ClH/c1-18-16(14-10-20-21(2)11-14)17(22)19-7-5-12-3-4-15-13(9-12)6-8-23-15;/h3-4,9-11,16,18H,5-8H2,1-2H3,(H,19,22);1H. The number of nitrogens with one attached hydrogen (secondary N) is 2. The molecule has 0 spiro atoms. The Bertz CT molecular complexity index is 702. The molecule has 6 nitrogen and oxygen atoms in total. The second-order valence-electron chi connectivity index (χ2n) is 5.75. The largest absolute Gasteiger partial charge is 0.493 e. The van der Waals surface area contributed by atoms with Crippen molar-refractivity contribution in [1.29, 1.82) is 0 Å². The van der Waals surface area contributed by atoms with Gasteiger partial charge in [-0.3, -0.25) is 9.48 Å². The van der Waals surface area contributed by atoms with Crippen LogP contribution >= 0.6 is 12.4 Å². The molecule has 1 aliphatic rings. The van der Waals surface area contributed by atoms with Crippen molar-refractivity contribution in [2.45, 2.75) is 18.9 Å². The molecule has 1 aromatic carbocycles. The fraction of sp³-hybridized carbons (Fsp3) is 0.412. The van der Waals surface area contributed by atoms with Crippen molar-refractivity contribution in [2.75, 3.05) is 20.2 Å². The van der Waals surface area contributed by atoms with Crippen molar-refractivity contribution in [3.05, 3.63) is 47.3 Å². The Hall–Kier alpha value is -2.05. The minimum Gasteiger partial charge on any atom is -0.493 e. The van der Waals surface area contributed by atoms with E-state index in [0.717, 1.165) is 30.8 Å². The highest BCUT2D eigenvalue weighted by atomic mass is 35.5. The van der Waals surface area contributed by atoms with Crippen LogP contribution in [0.2, 0.25) is 0 Å². The van der Waals surface area contributed by atoms with Gasteiger partial charge in [0.2, 0.25) is 5.91 Å². The molecule has 0 fully saturated rings. The number of carbonyl (C=O) groups is 1. The molecule has 1 aromatic heterocycles. The van der Waals surface area contributed by atoms with Crippen LogP contribution in [-0.2, 0) is 24.7 Å². The molecule has 2 heterocycles. The number of rotatable bonds is 6. The third-order valence-corrected chi connectivity index (χ3v) is 4.08. The van der Waals surface area contributed by atoms with E-state index in [4.69, 9.17) is 4.74 Å². The first-order chi connectivity index (χ1) is 11.2. The van der Waals surface area contributed by atoms with Crippen LogP contribution in [-0.4, -0.2) is 35.9 Å². The maximum Gasteiger partial charge on any atom is 0.241 e. The van der Waals surface area contributed by atoms with Crippen molar-refractivity contribution in [3.8, 4) is 5.75 Å². The van der Waals surface area contributed by atoms with E-state index >= 15 is 0 Å². The molecule has 2 aromatic rings. The van der Waals surface area contributed by atoms with Crippen LogP contribution in [0.5, 0.6) is 5.75 Å². The molecule has 1 aliphatic heterocycles. The number of ether oxygens (including phenoxy) is 1. The van der Waals surface area contributed by atoms with Gasteiger partial charge in [-0.1, -0.05) is 12.1 Å².